The predicted octanol–water partition coefficient (Wildman–Crippen LogP) is 0.241. The average molecular weight is 326 g/mol. The molecule has 0 radical (unpaired) electrons. The number of nitrogens with one attached hydrogen (secondary N) is 1. The molecule has 0 fully saturated rings. The van der Waals surface area contributed by atoms with Crippen LogP contribution in [-0.2, 0) is 4.74 Å². The molecule has 0 saturated heterocycles. The van der Waals surface area contributed by atoms with E-state index in [1.807, 2.05) is 19.1 Å². The van der Waals surface area contributed by atoms with Gasteiger partial charge in [0, 0.05) is 35.8 Å². The Bertz CT molecular complexity index is 666. The average Bonchev–Trinajstić information content (AvgIpc) is 2.92. The van der Waals surface area contributed by atoms with Gasteiger partial charge in [0.1, 0.15) is 0 Å². The minimum atomic E-state index is -0.221. The molecule has 0 saturated carbocycles. The zero-order valence-corrected chi connectivity index (χ0v) is 16.1. The minimum Gasteiger partial charge on any atom is -0.870 e. The van der Waals surface area contributed by atoms with Crippen LogP contribution in [0.25, 0.3) is 16.5 Å². The van der Waals surface area contributed by atoms with Crippen molar-refractivity contribution in [2.75, 3.05) is 19.7 Å². The summed E-state index contributed by atoms with van der Waals surface area (Å²) < 4.78 is 5.03. The maximum atomic E-state index is 11.7. The molecule has 0 bridgehead atoms. The molecule has 0 aliphatic carbocycles. The molecule has 3 rings (SSSR count). The molecule has 1 amide bonds. The molecule has 2 aromatic rings. The van der Waals surface area contributed by atoms with Crippen LogP contribution in [0.1, 0.15) is 18.9 Å². The summed E-state index contributed by atoms with van der Waals surface area (Å²) in [6.07, 6.45) is 4.81. The number of aromatic nitrogens is 1. The second-order valence-electron chi connectivity index (χ2n) is 4.87. The normalized spacial score (nSPS) is 13.9. The van der Waals surface area contributed by atoms with Gasteiger partial charge in [-0.25, -0.2) is 4.79 Å². The van der Waals surface area contributed by atoms with Crippen molar-refractivity contribution in [1.29, 1.82) is 0 Å². The van der Waals surface area contributed by atoms with E-state index in [0.29, 0.717) is 19.7 Å². The molecule has 2 N–H and O–H groups in total. The van der Waals surface area contributed by atoms with Crippen LogP contribution in [0, 0.1) is 0 Å². The molecule has 1 aliphatic heterocycles. The maximum Gasteiger partial charge on any atom is 1.00 e. The van der Waals surface area contributed by atoms with Gasteiger partial charge in [-0.3, -0.25) is 0 Å². The van der Waals surface area contributed by atoms with E-state index in [0.717, 1.165) is 11.9 Å². The zero-order chi connectivity index (χ0) is 13.9. The first-order valence-electron chi connectivity index (χ1n) is 6.97. The Labute approximate surface area is 172 Å². The van der Waals surface area contributed by atoms with E-state index in [-0.39, 0.29) is 63.0 Å². The van der Waals surface area contributed by atoms with E-state index < -0.39 is 0 Å². The summed E-state index contributed by atoms with van der Waals surface area (Å²) in [6.45, 7) is 3.58. The Hall–Kier alpha value is -0.634. The molecule has 0 unspecified atom stereocenters. The number of benzene rings is 1. The molecule has 112 valence electrons. The van der Waals surface area contributed by atoms with Crippen LogP contribution in [0.5, 0.6) is 0 Å². The second kappa shape index (κ2) is 8.86. The van der Waals surface area contributed by atoms with Crippen molar-refractivity contribution in [3.63, 3.8) is 0 Å². The summed E-state index contributed by atoms with van der Waals surface area (Å²) >= 11 is 0. The largest absolute Gasteiger partial charge is 1.00 e. The molecular weight excluding hydrogens is 307 g/mol. The van der Waals surface area contributed by atoms with E-state index in [2.05, 4.69) is 29.4 Å². The molecule has 0 spiro atoms. The van der Waals surface area contributed by atoms with Crippen molar-refractivity contribution in [3.05, 3.63) is 42.1 Å². The quantitative estimate of drug-likeness (QED) is 0.803. The van der Waals surface area contributed by atoms with Gasteiger partial charge in [0.05, 0.1) is 6.61 Å². The minimum absolute atomic E-state index is 0. The van der Waals surface area contributed by atoms with Gasteiger partial charge in [0.25, 0.3) is 0 Å². The van der Waals surface area contributed by atoms with Gasteiger partial charge in [-0.15, -0.1) is 0 Å². The van der Waals surface area contributed by atoms with Crippen LogP contribution >= 0.6 is 0 Å². The summed E-state index contributed by atoms with van der Waals surface area (Å²) in [7, 11) is 0. The Morgan fingerprint density at radius 3 is 2.82 bits per heavy atom. The van der Waals surface area contributed by atoms with Crippen LogP contribution in [0.3, 0.4) is 0 Å². The van der Waals surface area contributed by atoms with Crippen molar-refractivity contribution >= 4 is 22.6 Å². The van der Waals surface area contributed by atoms with Gasteiger partial charge in [0.15, 0.2) is 0 Å². The van der Waals surface area contributed by atoms with Gasteiger partial charge in [-0.05, 0) is 25.0 Å². The maximum absolute atomic E-state index is 11.7. The topological polar surface area (TPSA) is 75.3 Å². The van der Waals surface area contributed by atoms with Crippen LogP contribution in [0.4, 0.5) is 4.79 Å². The van der Waals surface area contributed by atoms with Gasteiger partial charge in [-0.2, -0.15) is 0 Å². The standard InChI is InChI=1S/C16H18N2O2.K.H2O/c1-2-20-16(19)18-9-7-12(8-10-18)14-11-17-15-6-4-3-5-13(14)15;;/h3-7,11,17H,2,8-10H2,1H3;;1H2/q;+1;/p-1. The number of ether oxygens (including phenoxy) is 1. The Balaban J connectivity index is 0.00000121. The van der Waals surface area contributed by atoms with Crippen LogP contribution in [0.15, 0.2) is 36.5 Å². The molecule has 1 aromatic carbocycles. The first-order chi connectivity index (χ1) is 9.79. The van der Waals surface area contributed by atoms with Gasteiger partial charge >= 0.3 is 57.5 Å². The number of H-pyrrole nitrogens is 1. The van der Waals surface area contributed by atoms with E-state index in [1.54, 1.807) is 4.90 Å². The van der Waals surface area contributed by atoms with Crippen LogP contribution in [-0.4, -0.2) is 41.1 Å². The third kappa shape index (κ3) is 4.01. The molecule has 2 heterocycles. The Morgan fingerprint density at radius 1 is 1.36 bits per heavy atom. The summed E-state index contributed by atoms with van der Waals surface area (Å²) in [5, 5.41) is 1.24. The van der Waals surface area contributed by atoms with Crippen molar-refractivity contribution in [2.45, 2.75) is 13.3 Å². The number of fused-ring (bicyclic) bond motifs is 1. The van der Waals surface area contributed by atoms with Crippen molar-refractivity contribution in [1.82, 2.24) is 9.88 Å². The number of hydrogen-bond acceptors (Lipinski definition) is 3. The number of carbonyl (C=O) groups is 1. The molecule has 22 heavy (non-hydrogen) atoms. The first kappa shape index (κ1) is 19.4. The van der Waals surface area contributed by atoms with Gasteiger partial charge < -0.3 is 20.1 Å². The zero-order valence-electron chi connectivity index (χ0n) is 13.0. The smallest absolute Gasteiger partial charge is 0.870 e. The number of rotatable bonds is 2. The van der Waals surface area contributed by atoms with Crippen molar-refractivity contribution < 1.29 is 66.4 Å². The van der Waals surface area contributed by atoms with Crippen molar-refractivity contribution in [2.24, 2.45) is 0 Å². The monoisotopic (exact) mass is 326 g/mol. The first-order valence-corrected chi connectivity index (χ1v) is 6.97. The molecular formula is C16H19KN2O3. The van der Waals surface area contributed by atoms with E-state index in [4.69, 9.17) is 4.74 Å². The molecule has 1 aliphatic rings. The van der Waals surface area contributed by atoms with E-state index in [1.165, 1.54) is 16.5 Å². The number of para-hydroxylation sites is 1. The molecule has 6 heteroatoms. The number of nitrogens with zero attached hydrogens (tertiary/aromatic N) is 1. The third-order valence-corrected chi connectivity index (χ3v) is 3.67. The fraction of sp³-hybridized carbons (Fsp3) is 0.312. The Morgan fingerprint density at radius 2 is 2.14 bits per heavy atom. The summed E-state index contributed by atoms with van der Waals surface area (Å²) in [5.41, 5.74) is 3.68. The Kier molecular flexibility index (Phi) is 7.82. The summed E-state index contributed by atoms with van der Waals surface area (Å²) in [6, 6.07) is 8.28. The van der Waals surface area contributed by atoms with Crippen LogP contribution < -0.4 is 51.4 Å². The van der Waals surface area contributed by atoms with Crippen LogP contribution in [0.2, 0.25) is 0 Å². The molecule has 5 nitrogen and oxygen atoms in total. The SMILES string of the molecule is CCOC(=O)N1CC=C(c2c[nH]c3ccccc23)CC1.[K+].[OH-]. The molecule has 0 atom stereocenters. The van der Waals surface area contributed by atoms with Crippen molar-refractivity contribution in [3.8, 4) is 0 Å². The fourth-order valence-electron chi connectivity index (χ4n) is 2.63. The van der Waals surface area contributed by atoms with Gasteiger partial charge in [-0.1, -0.05) is 24.3 Å². The van der Waals surface area contributed by atoms with Gasteiger partial charge in [0.2, 0.25) is 0 Å². The molecule has 1 aromatic heterocycles. The summed E-state index contributed by atoms with van der Waals surface area (Å²) in [4.78, 5) is 16.7. The number of carbonyl (C=O) groups excluding carboxylic acids is 1. The number of aromatic amines is 1. The predicted molar refractivity (Wildman–Crippen MR) is 81.4 cm³/mol. The number of amides is 1. The fourth-order valence-corrected chi connectivity index (χ4v) is 2.63. The van der Waals surface area contributed by atoms with E-state index in [9.17, 15) is 4.79 Å². The second-order valence-corrected chi connectivity index (χ2v) is 4.87. The summed E-state index contributed by atoms with van der Waals surface area (Å²) in [5.74, 6) is 0. The third-order valence-electron chi connectivity index (χ3n) is 3.67. The number of hydrogen-bond donors (Lipinski definition) is 1. The van der Waals surface area contributed by atoms with E-state index >= 15 is 0 Å².